The van der Waals surface area contributed by atoms with E-state index in [9.17, 15) is 0 Å². The van der Waals surface area contributed by atoms with Crippen LogP contribution in [0.25, 0.3) is 177 Å². The molecule has 0 N–H and O–H groups in total. The van der Waals surface area contributed by atoms with E-state index in [-0.39, 0.29) is 179 Å². The van der Waals surface area contributed by atoms with Gasteiger partial charge >= 0.3 is 5.84 Å². The van der Waals surface area contributed by atoms with E-state index in [2.05, 4.69) is 4.98 Å². The molecule has 141 heavy (non-hydrogen) atoms. The SMILES string of the molecule is [2H]C([2H])([2H])c1ccc(-c2ccc(C([2H])([2H])C)c(-c3cccc4c3oc3nc5ccccc5n34)c2C([2H])([2H])[2H])c(C([2H])([2H])[2H])c1-c1cccc2c1Oc1ccccc1C2(C)C.[2H]C([2H])([2H])c1ccc(-c2ccc(C([2H])([2H])C)c(-c3cccc4c3sc3nc5ccccc5n34)c2C([2H])([2H])[2H])c(C([2H])([2H])[2H])c1-c1cccc2c1Oc1ccccc1S2.[2H]C([2H])([2H])c1ccc(-c2cccc(-n3c4ccccc4n4c5ccccc5nc34)c2C([2H])([2H])[2H])c(C([2H])([2H])[2H])c1-c1cccc2c1Oc1ccccc1O2. The van der Waals surface area contributed by atoms with E-state index < -0.39 is 79.8 Å². The molecule has 0 amide bonds. The Morgan fingerprint density at radius 3 is 1.38 bits per heavy atom. The molecule has 27 rings (SSSR count). The Kier molecular flexibility index (Phi) is 14.2. The highest BCUT2D eigenvalue weighted by molar-refractivity contribution is 7.99. The number of para-hydroxylation sites is 16. The molecule has 684 valence electrons. The van der Waals surface area contributed by atoms with E-state index in [4.69, 9.17) is 75.8 Å². The first-order valence-electron chi connectivity index (χ1n) is 61.2. The Morgan fingerprint density at radius 2 is 0.738 bits per heavy atom. The van der Waals surface area contributed by atoms with Crippen molar-refractivity contribution in [2.45, 2.75) is 117 Å². The standard InChI is InChI=1S/C45H38N2O2.C42H32N2OS2.C40H29N3O2/c1-7-29-23-25-31(28(4)41(29)33-15-13-20-38-43(33)49-44-46-36-18-9-10-19-37(36)47(38)44)30-24-22-26(2)40(27(30)3)32-14-12-17-35-42(32)48-39-21-11-8-16-34(39)45(35,5)6;1-5-27-21-23-29(26(4)39(27)31-13-10-16-34-41(31)47-42-43-32-14-6-7-15-33(32)44(34)42)28-22-20-24(2)38(25(28)3)30-12-11-19-37-40(30)45-35-17-8-9-18-36(35)46-37;1-24-22-23-28(26(3)38(24)29-13-11-21-37-39(29)45-36-20-9-8-19-35(36)44-37)27-12-10-18-31(25(27)2)42-33-16-6-7-17-34(33)43-32-15-5-4-14-30(32)41-40(42)43/h8-25H,7H2,1-6H3;6-23H,5H2,1-4H3;4-23H,1-3H3/i2D3,3D3,4D3,7D2;2D3,3D3,4D3,5D2;1D3,2D3,3D3. The van der Waals surface area contributed by atoms with Gasteiger partial charge in [-0.15, -0.1) is 0 Å². The zero-order valence-electron chi connectivity index (χ0n) is 107. The van der Waals surface area contributed by atoms with Gasteiger partial charge in [-0.1, -0.05) is 281 Å². The van der Waals surface area contributed by atoms with Gasteiger partial charge in [0.1, 0.15) is 23.0 Å². The van der Waals surface area contributed by atoms with Gasteiger partial charge in [0.25, 0.3) is 0 Å². The van der Waals surface area contributed by atoms with Crippen molar-refractivity contribution in [3.63, 3.8) is 0 Å². The van der Waals surface area contributed by atoms with E-state index >= 15 is 0 Å². The van der Waals surface area contributed by atoms with E-state index in [0.29, 0.717) is 82.3 Å². The Hall–Kier alpha value is -16.3. The lowest BCUT2D eigenvalue weighted by Crippen LogP contribution is -2.24. The van der Waals surface area contributed by atoms with Crippen LogP contribution in [0.2, 0.25) is 0 Å². The minimum Gasteiger partial charge on any atom is -0.456 e. The average molecular weight is 1900 g/mol. The quantitative estimate of drug-likeness (QED) is 0.125. The third kappa shape index (κ3) is 13.7. The fourth-order valence-corrected chi connectivity index (χ4v) is 22.6. The number of hydrogen-bond acceptors (Lipinski definition) is 10. The topological polar surface area (TPSA) is 107 Å². The van der Waals surface area contributed by atoms with Gasteiger partial charge in [-0.3, -0.25) is 17.8 Å². The van der Waals surface area contributed by atoms with Gasteiger partial charge in [0, 0.05) is 86.9 Å². The first-order valence-corrected chi connectivity index (χ1v) is 47.3. The fraction of sp³-hybridized carbons (Fsp3) is 0.126. The first kappa shape index (κ1) is 59.1. The molecule has 0 atom stereocenters. The number of ether oxygens (including phenoxy) is 4. The Labute approximate surface area is 869 Å². The summed E-state index contributed by atoms with van der Waals surface area (Å²) in [5.41, 5.74) is 7.78. The van der Waals surface area contributed by atoms with Crippen molar-refractivity contribution < 1.29 is 65.9 Å². The monoisotopic (exact) mass is 1900 g/mol. The summed E-state index contributed by atoms with van der Waals surface area (Å²) in [7, 11) is 0. The molecule has 24 aromatic rings. The predicted octanol–water partition coefficient (Wildman–Crippen LogP) is 35.2. The zero-order chi connectivity index (χ0) is 122. The third-order valence-corrected chi connectivity index (χ3v) is 29.3. The lowest BCUT2D eigenvalue weighted by Gasteiger charge is -2.35. The summed E-state index contributed by atoms with van der Waals surface area (Å²) in [6.45, 7) is -19.2. The molecule has 0 radical (unpaired) electrons. The molecule has 0 fully saturated rings. The highest BCUT2D eigenvalue weighted by Gasteiger charge is 2.37. The van der Waals surface area contributed by atoms with Crippen molar-refractivity contribution in [3.05, 3.63) is 412 Å². The van der Waals surface area contributed by atoms with Crippen molar-refractivity contribution in [3.8, 4) is 141 Å². The molecule has 0 spiro atoms. The predicted molar refractivity (Wildman–Crippen MR) is 581 cm³/mol. The maximum absolute atomic E-state index is 9.08. The molecular weight excluding hydrogens is 1770 g/mol. The van der Waals surface area contributed by atoms with Crippen molar-refractivity contribution in [1.29, 1.82) is 0 Å². The van der Waals surface area contributed by atoms with Crippen LogP contribution in [0.5, 0.6) is 46.0 Å². The molecule has 3 aliphatic rings. The molecule has 9 heterocycles. The lowest BCUT2D eigenvalue weighted by atomic mass is 9.74. The van der Waals surface area contributed by atoms with Crippen LogP contribution in [0.3, 0.4) is 0 Å². The second-order valence-corrected chi connectivity index (χ2v) is 37.3. The van der Waals surface area contributed by atoms with Gasteiger partial charge in [0.05, 0.1) is 75.3 Å². The number of benzene rings is 18. The second-order valence-electron chi connectivity index (χ2n) is 35.2. The summed E-state index contributed by atoms with van der Waals surface area (Å²) in [6, 6.07) is 96.9. The number of fused-ring (bicyclic) bond motifs is 21. The second kappa shape index (κ2) is 33.8. The van der Waals surface area contributed by atoms with Crippen LogP contribution in [-0.2, 0) is 18.2 Å². The maximum atomic E-state index is 9.08. The van der Waals surface area contributed by atoms with Crippen molar-refractivity contribution >= 4 is 105 Å². The highest BCUT2D eigenvalue weighted by Crippen LogP contribution is 2.58. The third-order valence-electron chi connectivity index (χ3n) is 27.1. The number of oxazole rings is 1. The molecule has 3 aliphatic heterocycles. The normalized spacial score (nSPS) is 17.0. The zero-order valence-corrected chi connectivity index (χ0v) is 77.5. The number of aryl methyl sites for hydroxylation is 5. The van der Waals surface area contributed by atoms with E-state index in [1.807, 2.05) is 179 Å². The number of thiazole rings is 1. The minimum atomic E-state index is -3.01. The van der Waals surface area contributed by atoms with Crippen molar-refractivity contribution in [2.24, 2.45) is 0 Å². The average Bonchev–Trinajstić information content (AvgIpc) is 1.67. The lowest BCUT2D eigenvalue weighted by molar-refractivity contribution is 0.361. The molecule has 0 aliphatic carbocycles. The summed E-state index contributed by atoms with van der Waals surface area (Å²) in [5.74, 6) is 3.59. The largest absolute Gasteiger partial charge is 0.456 e. The first-order chi connectivity index (χ1) is 81.1. The summed E-state index contributed by atoms with van der Waals surface area (Å²) in [6.07, 6.45) is -4.14. The number of aromatic nitrogens is 7. The Balaban J connectivity index is 0.000000129. The van der Waals surface area contributed by atoms with Crippen LogP contribution in [-0.4, -0.2) is 32.7 Å². The van der Waals surface area contributed by atoms with Gasteiger partial charge in [-0.05, 0) is 306 Å². The number of imidazole rings is 4. The smallest absolute Gasteiger partial charge is 0.307 e. The molecule has 12 nitrogen and oxygen atoms in total. The molecule has 18 aromatic carbocycles. The molecular formula is C127H99N7O5S2. The van der Waals surface area contributed by atoms with Gasteiger partial charge < -0.3 is 23.4 Å². The molecule has 14 heteroatoms. The number of nitrogens with zero attached hydrogens (tertiary/aromatic N) is 7. The van der Waals surface area contributed by atoms with E-state index in [1.54, 1.807) is 132 Å². The summed E-state index contributed by atoms with van der Waals surface area (Å²) >= 11 is 2.76. The van der Waals surface area contributed by atoms with Crippen LogP contribution in [0, 0.1) is 61.7 Å². The van der Waals surface area contributed by atoms with Crippen LogP contribution in [0.1, 0.15) is 143 Å². The number of hydrogen-bond donors (Lipinski definition) is 0. The fourth-order valence-electron chi connectivity index (χ4n) is 20.4. The Bertz CT molecular complexity index is 10700. The maximum Gasteiger partial charge on any atom is 0.307 e. The van der Waals surface area contributed by atoms with E-state index in [0.717, 1.165) is 43.6 Å². The summed E-state index contributed by atoms with van der Waals surface area (Å²) in [4.78, 5) is 16.5. The van der Waals surface area contributed by atoms with Gasteiger partial charge in [-0.25, -0.2) is 9.97 Å². The molecule has 0 saturated carbocycles. The van der Waals surface area contributed by atoms with Crippen molar-refractivity contribution in [2.75, 3.05) is 0 Å². The number of rotatable bonds is 11. The minimum absolute atomic E-state index is 0.00336. The van der Waals surface area contributed by atoms with Crippen LogP contribution >= 0.6 is 23.1 Å². The Morgan fingerprint density at radius 1 is 0.305 bits per heavy atom. The van der Waals surface area contributed by atoms with Crippen LogP contribution in [0.15, 0.2) is 354 Å². The van der Waals surface area contributed by atoms with Gasteiger partial charge in [0.15, 0.2) is 33.5 Å². The van der Waals surface area contributed by atoms with Crippen LogP contribution in [0.4, 0.5) is 0 Å². The molecule has 0 bridgehead atoms. The molecule has 6 aromatic heterocycles. The van der Waals surface area contributed by atoms with Crippen molar-refractivity contribution in [1.82, 2.24) is 32.7 Å². The highest BCUT2D eigenvalue weighted by atomic mass is 32.2. The van der Waals surface area contributed by atoms with Gasteiger partial charge in [-0.2, -0.15) is 4.98 Å². The van der Waals surface area contributed by atoms with Crippen LogP contribution < -0.4 is 18.9 Å². The molecule has 0 saturated heterocycles. The van der Waals surface area contributed by atoms with E-state index in [1.165, 1.54) is 97.6 Å². The summed E-state index contributed by atoms with van der Waals surface area (Å²) in [5, 5.41) is 0. The molecule has 0 unspecified atom stereocenters. The summed E-state index contributed by atoms with van der Waals surface area (Å²) < 4.78 is 316. The van der Waals surface area contributed by atoms with Gasteiger partial charge in [0.2, 0.25) is 5.78 Å².